The van der Waals surface area contributed by atoms with Gasteiger partial charge in [-0.2, -0.15) is 5.10 Å². The fraction of sp³-hybridized carbons (Fsp3) is 0.450. The third-order valence-electron chi connectivity index (χ3n) is 5.26. The minimum absolute atomic E-state index is 0.219. The van der Waals surface area contributed by atoms with E-state index in [-0.39, 0.29) is 5.91 Å². The zero-order valence-corrected chi connectivity index (χ0v) is 15.1. The number of carbonyl (C=O) groups is 1. The molecule has 130 valence electrons. The van der Waals surface area contributed by atoms with Gasteiger partial charge in [-0.3, -0.25) is 4.79 Å². The van der Waals surface area contributed by atoms with Gasteiger partial charge in [0.05, 0.1) is 5.52 Å². The summed E-state index contributed by atoms with van der Waals surface area (Å²) in [4.78, 5) is 19.1. The second kappa shape index (κ2) is 6.14. The van der Waals surface area contributed by atoms with Gasteiger partial charge in [0, 0.05) is 36.8 Å². The summed E-state index contributed by atoms with van der Waals surface area (Å²) in [5.74, 6) is 0.948. The topological polar surface area (TPSA) is 50.5 Å². The highest BCUT2D eigenvalue weighted by molar-refractivity contribution is 5.92. The van der Waals surface area contributed by atoms with Gasteiger partial charge in [-0.05, 0) is 56.7 Å². The molecular formula is C20H24N4O. The number of rotatable bonds is 5. The Labute approximate surface area is 147 Å². The molecule has 0 saturated heterocycles. The van der Waals surface area contributed by atoms with E-state index in [1.807, 2.05) is 41.6 Å². The van der Waals surface area contributed by atoms with E-state index in [9.17, 15) is 4.79 Å². The predicted octanol–water partition coefficient (Wildman–Crippen LogP) is 3.30. The molecule has 25 heavy (non-hydrogen) atoms. The molecule has 5 heteroatoms. The summed E-state index contributed by atoms with van der Waals surface area (Å²) < 4.78 is 1.92. The quantitative estimate of drug-likeness (QED) is 0.718. The Hall–Kier alpha value is -2.43. The van der Waals surface area contributed by atoms with E-state index in [0.717, 1.165) is 46.0 Å². The average Bonchev–Trinajstić information content (AvgIpc) is 3.33. The van der Waals surface area contributed by atoms with Crippen LogP contribution in [0.2, 0.25) is 0 Å². The van der Waals surface area contributed by atoms with Crippen molar-refractivity contribution in [2.75, 3.05) is 13.6 Å². The molecule has 0 aliphatic heterocycles. The summed E-state index contributed by atoms with van der Waals surface area (Å²) >= 11 is 0. The van der Waals surface area contributed by atoms with Crippen LogP contribution < -0.4 is 0 Å². The summed E-state index contributed by atoms with van der Waals surface area (Å²) in [5.41, 5.74) is 5.06. The molecule has 0 spiro atoms. The van der Waals surface area contributed by atoms with Gasteiger partial charge in [-0.1, -0.05) is 12.1 Å². The SMILES string of the molecule is Cc1nc2c3ccccc3nn2c(C)c1CCC(=O)N(C)CC1CC1. The first kappa shape index (κ1) is 16.1. The molecule has 0 bridgehead atoms. The second-order valence-electron chi connectivity index (χ2n) is 7.23. The van der Waals surface area contributed by atoms with Gasteiger partial charge >= 0.3 is 0 Å². The first-order valence-electron chi connectivity index (χ1n) is 9.02. The van der Waals surface area contributed by atoms with E-state index in [1.165, 1.54) is 12.8 Å². The van der Waals surface area contributed by atoms with Gasteiger partial charge in [0.25, 0.3) is 0 Å². The number of hydrogen-bond donors (Lipinski definition) is 0. The Morgan fingerprint density at radius 1 is 1.28 bits per heavy atom. The molecule has 2 aromatic heterocycles. The van der Waals surface area contributed by atoms with Crippen LogP contribution >= 0.6 is 0 Å². The summed E-state index contributed by atoms with van der Waals surface area (Å²) in [6, 6.07) is 8.07. The molecule has 3 aromatic rings. The van der Waals surface area contributed by atoms with Gasteiger partial charge < -0.3 is 4.90 Å². The van der Waals surface area contributed by atoms with Gasteiger partial charge in [-0.25, -0.2) is 9.50 Å². The van der Waals surface area contributed by atoms with Crippen molar-refractivity contribution in [2.24, 2.45) is 5.92 Å². The zero-order valence-electron chi connectivity index (χ0n) is 15.1. The van der Waals surface area contributed by atoms with E-state index in [0.29, 0.717) is 12.8 Å². The average molecular weight is 336 g/mol. The smallest absolute Gasteiger partial charge is 0.222 e. The molecule has 1 aliphatic rings. The van der Waals surface area contributed by atoms with Gasteiger partial charge in [0.2, 0.25) is 5.91 Å². The van der Waals surface area contributed by atoms with Crippen molar-refractivity contribution < 1.29 is 4.79 Å². The highest BCUT2D eigenvalue weighted by Gasteiger charge is 2.25. The second-order valence-corrected chi connectivity index (χ2v) is 7.23. The Balaban J connectivity index is 1.60. The Morgan fingerprint density at radius 2 is 2.04 bits per heavy atom. The van der Waals surface area contributed by atoms with E-state index in [2.05, 4.69) is 18.1 Å². The van der Waals surface area contributed by atoms with Crippen LogP contribution in [0.3, 0.4) is 0 Å². The number of carbonyl (C=O) groups excluding carboxylic acids is 1. The molecule has 2 heterocycles. The molecule has 0 unspecified atom stereocenters. The lowest BCUT2D eigenvalue weighted by atomic mass is 10.1. The fourth-order valence-electron chi connectivity index (χ4n) is 3.55. The maximum Gasteiger partial charge on any atom is 0.222 e. The van der Waals surface area contributed by atoms with Crippen LogP contribution in [-0.2, 0) is 11.2 Å². The normalized spacial score (nSPS) is 14.4. The number of benzene rings is 1. The van der Waals surface area contributed by atoms with Crippen LogP contribution in [0.25, 0.3) is 16.6 Å². The molecule has 0 atom stereocenters. The first-order chi connectivity index (χ1) is 12.0. The van der Waals surface area contributed by atoms with Crippen molar-refractivity contribution in [3.05, 3.63) is 41.2 Å². The van der Waals surface area contributed by atoms with Gasteiger partial charge in [0.15, 0.2) is 5.65 Å². The van der Waals surface area contributed by atoms with Crippen LogP contribution in [-0.4, -0.2) is 39.0 Å². The minimum atomic E-state index is 0.219. The highest BCUT2D eigenvalue weighted by atomic mass is 16.2. The monoisotopic (exact) mass is 336 g/mol. The number of aromatic nitrogens is 3. The molecule has 1 saturated carbocycles. The highest BCUT2D eigenvalue weighted by Crippen LogP contribution is 2.29. The largest absolute Gasteiger partial charge is 0.345 e. The van der Waals surface area contributed by atoms with Crippen LogP contribution in [0.15, 0.2) is 24.3 Å². The van der Waals surface area contributed by atoms with Crippen LogP contribution in [0.4, 0.5) is 0 Å². The Bertz CT molecular complexity index is 955. The maximum atomic E-state index is 12.4. The van der Waals surface area contributed by atoms with Crippen LogP contribution in [0.5, 0.6) is 0 Å². The fourth-order valence-corrected chi connectivity index (χ4v) is 3.55. The lowest BCUT2D eigenvalue weighted by molar-refractivity contribution is -0.130. The maximum absolute atomic E-state index is 12.4. The predicted molar refractivity (Wildman–Crippen MR) is 98.6 cm³/mol. The summed E-state index contributed by atoms with van der Waals surface area (Å²) in [5, 5.41) is 5.76. The lowest BCUT2D eigenvalue weighted by Gasteiger charge is -2.17. The summed E-state index contributed by atoms with van der Waals surface area (Å²) in [7, 11) is 1.92. The van der Waals surface area contributed by atoms with E-state index in [1.54, 1.807) is 0 Å². The molecule has 5 nitrogen and oxygen atoms in total. The van der Waals surface area contributed by atoms with Gasteiger partial charge in [0.1, 0.15) is 0 Å². The molecule has 0 N–H and O–H groups in total. The molecule has 1 aromatic carbocycles. The van der Waals surface area contributed by atoms with Crippen molar-refractivity contribution in [3.8, 4) is 0 Å². The van der Waals surface area contributed by atoms with Gasteiger partial charge in [-0.15, -0.1) is 0 Å². The molecule has 0 radical (unpaired) electrons. The summed E-state index contributed by atoms with van der Waals surface area (Å²) in [6.07, 6.45) is 3.77. The van der Waals surface area contributed by atoms with E-state index < -0.39 is 0 Å². The number of nitrogens with zero attached hydrogens (tertiary/aromatic N) is 4. The Kier molecular flexibility index (Phi) is 3.94. The number of aryl methyl sites for hydroxylation is 2. The molecule has 1 fully saturated rings. The van der Waals surface area contributed by atoms with Crippen molar-refractivity contribution in [1.82, 2.24) is 19.5 Å². The molecule has 4 rings (SSSR count). The van der Waals surface area contributed by atoms with Crippen molar-refractivity contribution in [2.45, 2.75) is 39.5 Å². The number of fused-ring (bicyclic) bond motifs is 3. The number of amides is 1. The third-order valence-corrected chi connectivity index (χ3v) is 5.26. The first-order valence-corrected chi connectivity index (χ1v) is 9.02. The van der Waals surface area contributed by atoms with E-state index >= 15 is 0 Å². The molecule has 1 amide bonds. The van der Waals surface area contributed by atoms with Crippen molar-refractivity contribution in [1.29, 1.82) is 0 Å². The van der Waals surface area contributed by atoms with E-state index in [4.69, 9.17) is 4.98 Å². The third kappa shape index (κ3) is 2.99. The Morgan fingerprint density at radius 3 is 2.80 bits per heavy atom. The minimum Gasteiger partial charge on any atom is -0.345 e. The lowest BCUT2D eigenvalue weighted by Crippen LogP contribution is -2.29. The van der Waals surface area contributed by atoms with Crippen molar-refractivity contribution in [3.63, 3.8) is 0 Å². The van der Waals surface area contributed by atoms with Crippen LogP contribution in [0, 0.1) is 19.8 Å². The standard InChI is InChI=1S/C20H24N4O/c1-13-16(10-11-19(25)23(3)12-15-8-9-15)14(2)24-20(21-13)17-6-4-5-7-18(17)22-24/h4-7,15H,8-12H2,1-3H3. The van der Waals surface area contributed by atoms with Crippen molar-refractivity contribution >= 4 is 22.5 Å². The summed E-state index contributed by atoms with van der Waals surface area (Å²) in [6.45, 7) is 5.00. The number of hydrogen-bond acceptors (Lipinski definition) is 3. The molecule has 1 aliphatic carbocycles. The zero-order chi connectivity index (χ0) is 17.6. The molecular weight excluding hydrogens is 312 g/mol. The van der Waals surface area contributed by atoms with Crippen LogP contribution in [0.1, 0.15) is 36.2 Å².